The van der Waals surface area contributed by atoms with Crippen LogP contribution in [0, 0.1) is 5.92 Å². The van der Waals surface area contributed by atoms with Gasteiger partial charge in [0.2, 0.25) is 15.9 Å². The Morgan fingerprint density at radius 3 is 2.48 bits per heavy atom. The molecule has 1 aromatic carbocycles. The third kappa shape index (κ3) is 3.75. The van der Waals surface area contributed by atoms with E-state index in [4.69, 9.17) is 4.74 Å². The largest absolute Gasteiger partial charge is 0.482 e. The zero-order valence-electron chi connectivity index (χ0n) is 14.5. The zero-order chi connectivity index (χ0) is 18.3. The van der Waals surface area contributed by atoms with Crippen molar-refractivity contribution >= 4 is 39.9 Å². The molecular formula is C16H21ClN4O5S. The molecule has 2 fully saturated rings. The minimum atomic E-state index is -3.70. The topological polar surface area (TPSA) is 108 Å². The predicted molar refractivity (Wildman–Crippen MR) is 99.5 cm³/mol. The first-order valence-electron chi connectivity index (χ1n) is 8.51. The number of rotatable bonds is 3. The van der Waals surface area contributed by atoms with Crippen molar-refractivity contribution in [2.45, 2.75) is 4.90 Å². The lowest BCUT2D eigenvalue weighted by molar-refractivity contribution is -0.138. The summed E-state index contributed by atoms with van der Waals surface area (Å²) in [7, 11) is -3.70. The summed E-state index contributed by atoms with van der Waals surface area (Å²) >= 11 is 0. The summed E-state index contributed by atoms with van der Waals surface area (Å²) in [5.74, 6) is 0.245. The normalized spacial score (nSPS) is 20.6. The van der Waals surface area contributed by atoms with Crippen LogP contribution in [0.1, 0.15) is 0 Å². The second-order valence-corrected chi connectivity index (χ2v) is 8.52. The third-order valence-corrected chi connectivity index (χ3v) is 6.80. The molecule has 2 N–H and O–H groups in total. The van der Waals surface area contributed by atoms with Gasteiger partial charge in [-0.2, -0.15) is 4.31 Å². The minimum absolute atomic E-state index is 0. The highest BCUT2D eigenvalue weighted by Gasteiger charge is 2.34. The molecule has 0 aromatic heterocycles. The molecule has 2 saturated heterocycles. The van der Waals surface area contributed by atoms with Gasteiger partial charge in [0, 0.05) is 39.3 Å². The number of benzene rings is 1. The maximum Gasteiger partial charge on any atom is 0.262 e. The number of amides is 2. The van der Waals surface area contributed by atoms with Gasteiger partial charge in [0.1, 0.15) is 5.75 Å². The lowest BCUT2D eigenvalue weighted by Crippen LogP contribution is -2.57. The molecule has 2 amide bonds. The standard InChI is InChI=1S/C16H20N4O5S.ClH/c21-15-10-25-14-2-1-12(7-13(14)18-15)26(23,24)20-5-3-19(4-6-20)16(22)11-8-17-9-11;/h1-2,7,11,17H,3-6,8-10H2,(H,18,21);1H. The van der Waals surface area contributed by atoms with Gasteiger partial charge in [0.05, 0.1) is 16.5 Å². The molecule has 0 atom stereocenters. The Balaban J connectivity index is 0.00000210. The Labute approximate surface area is 163 Å². The molecule has 0 bridgehead atoms. The quantitative estimate of drug-likeness (QED) is 0.687. The molecule has 11 heteroatoms. The molecule has 4 rings (SSSR count). The number of halogens is 1. The van der Waals surface area contributed by atoms with Gasteiger partial charge in [-0.05, 0) is 18.2 Å². The van der Waals surface area contributed by atoms with Crippen LogP contribution >= 0.6 is 12.4 Å². The van der Waals surface area contributed by atoms with Crippen LogP contribution in [0.4, 0.5) is 5.69 Å². The van der Waals surface area contributed by atoms with E-state index in [9.17, 15) is 18.0 Å². The van der Waals surface area contributed by atoms with E-state index in [1.807, 2.05) is 0 Å². The van der Waals surface area contributed by atoms with E-state index in [1.165, 1.54) is 16.4 Å². The van der Waals surface area contributed by atoms with Crippen molar-refractivity contribution in [1.82, 2.24) is 14.5 Å². The van der Waals surface area contributed by atoms with Crippen molar-refractivity contribution in [3.63, 3.8) is 0 Å². The highest BCUT2D eigenvalue weighted by Crippen LogP contribution is 2.31. The SMILES string of the molecule is Cl.O=C1COc2ccc(S(=O)(=O)N3CCN(C(=O)C4CNC4)CC3)cc2N1. The Bertz CT molecular complexity index is 850. The summed E-state index contributed by atoms with van der Waals surface area (Å²) in [6.45, 7) is 2.60. The lowest BCUT2D eigenvalue weighted by atomic mass is 10.0. The van der Waals surface area contributed by atoms with Gasteiger partial charge in [-0.15, -0.1) is 12.4 Å². The molecule has 3 aliphatic rings. The Kier molecular flexibility index (Phi) is 5.61. The molecule has 27 heavy (non-hydrogen) atoms. The van der Waals surface area contributed by atoms with Gasteiger partial charge >= 0.3 is 0 Å². The summed E-state index contributed by atoms with van der Waals surface area (Å²) in [6, 6.07) is 4.44. The molecule has 0 spiro atoms. The summed E-state index contributed by atoms with van der Waals surface area (Å²) < 4.78 is 32.4. The van der Waals surface area contributed by atoms with Gasteiger partial charge in [-0.1, -0.05) is 0 Å². The molecular weight excluding hydrogens is 396 g/mol. The van der Waals surface area contributed by atoms with Crippen LogP contribution < -0.4 is 15.4 Å². The van der Waals surface area contributed by atoms with Crippen molar-refractivity contribution in [1.29, 1.82) is 0 Å². The Hall–Kier alpha value is -1.88. The van der Waals surface area contributed by atoms with Gasteiger partial charge in [-0.3, -0.25) is 9.59 Å². The molecule has 3 aliphatic heterocycles. The van der Waals surface area contributed by atoms with Crippen molar-refractivity contribution in [2.24, 2.45) is 5.92 Å². The molecule has 3 heterocycles. The van der Waals surface area contributed by atoms with E-state index in [2.05, 4.69) is 10.6 Å². The zero-order valence-corrected chi connectivity index (χ0v) is 16.1. The van der Waals surface area contributed by atoms with Crippen LogP contribution in [0.2, 0.25) is 0 Å². The number of sulfonamides is 1. The second-order valence-electron chi connectivity index (χ2n) is 6.58. The number of nitrogens with one attached hydrogen (secondary N) is 2. The smallest absolute Gasteiger partial charge is 0.262 e. The molecule has 9 nitrogen and oxygen atoms in total. The number of piperazine rings is 1. The average Bonchev–Trinajstić information content (AvgIpc) is 2.59. The number of hydrogen-bond acceptors (Lipinski definition) is 6. The number of carbonyl (C=O) groups is 2. The molecule has 0 saturated carbocycles. The summed E-state index contributed by atoms with van der Waals surface area (Å²) in [5.41, 5.74) is 0.355. The van der Waals surface area contributed by atoms with Gasteiger partial charge in [-0.25, -0.2) is 8.42 Å². The van der Waals surface area contributed by atoms with Crippen LogP contribution in [0.5, 0.6) is 5.75 Å². The average molecular weight is 417 g/mol. The van der Waals surface area contributed by atoms with Crippen molar-refractivity contribution in [3.05, 3.63) is 18.2 Å². The minimum Gasteiger partial charge on any atom is -0.482 e. The number of carbonyl (C=O) groups excluding carboxylic acids is 2. The summed E-state index contributed by atoms with van der Waals surface area (Å²) in [5, 5.41) is 5.69. The molecule has 0 aliphatic carbocycles. The van der Waals surface area contributed by atoms with E-state index in [0.29, 0.717) is 37.6 Å². The van der Waals surface area contributed by atoms with Gasteiger partial charge < -0.3 is 20.3 Å². The first-order chi connectivity index (χ1) is 12.4. The lowest BCUT2D eigenvalue weighted by Gasteiger charge is -2.38. The van der Waals surface area contributed by atoms with E-state index in [0.717, 1.165) is 0 Å². The Morgan fingerprint density at radius 2 is 1.85 bits per heavy atom. The number of anilines is 1. The maximum absolute atomic E-state index is 12.9. The summed E-state index contributed by atoms with van der Waals surface area (Å²) in [4.78, 5) is 25.5. The van der Waals surface area contributed by atoms with Gasteiger partial charge in [0.15, 0.2) is 6.61 Å². The highest BCUT2D eigenvalue weighted by atomic mass is 35.5. The van der Waals surface area contributed by atoms with Crippen molar-refractivity contribution < 1.29 is 22.7 Å². The fraction of sp³-hybridized carbons (Fsp3) is 0.500. The van der Waals surface area contributed by atoms with Crippen molar-refractivity contribution in [2.75, 3.05) is 51.2 Å². The van der Waals surface area contributed by atoms with E-state index in [1.54, 1.807) is 11.0 Å². The van der Waals surface area contributed by atoms with Crippen molar-refractivity contribution in [3.8, 4) is 5.75 Å². The number of fused-ring (bicyclic) bond motifs is 1. The van der Waals surface area contributed by atoms with Crippen LogP contribution in [-0.2, 0) is 19.6 Å². The third-order valence-electron chi connectivity index (χ3n) is 4.90. The van der Waals surface area contributed by atoms with Gasteiger partial charge in [0.25, 0.3) is 5.91 Å². The van der Waals surface area contributed by atoms with E-state index in [-0.39, 0.29) is 54.7 Å². The predicted octanol–water partition coefficient (Wildman–Crippen LogP) is -0.508. The molecule has 0 unspecified atom stereocenters. The van der Waals surface area contributed by atoms with Crippen LogP contribution in [-0.4, -0.2) is 75.3 Å². The number of hydrogen-bond donors (Lipinski definition) is 2. The fourth-order valence-corrected chi connectivity index (χ4v) is 4.69. The van der Waals surface area contributed by atoms with Crippen LogP contribution in [0.25, 0.3) is 0 Å². The second kappa shape index (κ2) is 7.63. The fourth-order valence-electron chi connectivity index (χ4n) is 3.24. The van der Waals surface area contributed by atoms with E-state index < -0.39 is 10.0 Å². The molecule has 148 valence electrons. The summed E-state index contributed by atoms with van der Waals surface area (Å²) in [6.07, 6.45) is 0. The molecule has 1 aromatic rings. The first-order valence-corrected chi connectivity index (χ1v) is 9.95. The number of nitrogens with zero attached hydrogens (tertiary/aromatic N) is 2. The first kappa shape index (κ1) is 19.9. The van der Waals surface area contributed by atoms with E-state index >= 15 is 0 Å². The maximum atomic E-state index is 12.9. The monoisotopic (exact) mass is 416 g/mol. The Morgan fingerprint density at radius 1 is 1.15 bits per heavy atom. The van der Waals surface area contributed by atoms with Crippen LogP contribution in [0.3, 0.4) is 0 Å². The van der Waals surface area contributed by atoms with Crippen LogP contribution in [0.15, 0.2) is 23.1 Å². The number of ether oxygens (including phenoxy) is 1. The molecule has 0 radical (unpaired) electrons. The highest BCUT2D eigenvalue weighted by molar-refractivity contribution is 7.89.